The van der Waals surface area contributed by atoms with Crippen molar-refractivity contribution >= 4 is 38.6 Å². The number of nitrogens with one attached hydrogen (secondary N) is 1. The van der Waals surface area contributed by atoms with Crippen LogP contribution in [0.3, 0.4) is 0 Å². The first-order valence-electron chi connectivity index (χ1n) is 10.8. The van der Waals surface area contributed by atoms with Gasteiger partial charge < -0.3 is 35.4 Å². The minimum absolute atomic E-state index is 0.0768. The molecule has 0 amide bonds. The number of aromatic nitrogens is 4. The first kappa shape index (κ1) is 28.5. The molecule has 0 bridgehead atoms. The molecule has 0 spiro atoms. The number of hydrogen-bond acceptors (Lipinski definition) is 14. The molecule has 1 aliphatic heterocycles. The molecular formula is C17H28N6O11P2. The Hall–Kier alpha value is -2.04. The summed E-state index contributed by atoms with van der Waals surface area (Å²) < 4.78 is 44.0. The minimum Gasteiger partial charge on any atom is -0.387 e. The number of anilines is 1. The van der Waals surface area contributed by atoms with Crippen molar-refractivity contribution in [3.63, 3.8) is 0 Å². The van der Waals surface area contributed by atoms with Crippen molar-refractivity contribution in [3.05, 3.63) is 12.7 Å². The highest BCUT2D eigenvalue weighted by Gasteiger charge is 2.46. The van der Waals surface area contributed by atoms with Crippen LogP contribution < -0.4 is 11.1 Å². The summed E-state index contributed by atoms with van der Waals surface area (Å²) in [4.78, 5) is 43.0. The summed E-state index contributed by atoms with van der Waals surface area (Å²) in [5.41, 5.74) is 6.15. The van der Waals surface area contributed by atoms with Gasteiger partial charge in [0, 0.05) is 6.42 Å². The van der Waals surface area contributed by atoms with E-state index in [-0.39, 0.29) is 23.4 Å². The molecule has 19 heteroatoms. The molecule has 1 saturated heterocycles. The van der Waals surface area contributed by atoms with Gasteiger partial charge in [-0.15, -0.1) is 0 Å². The quantitative estimate of drug-likeness (QED) is 0.136. The molecule has 0 aromatic carbocycles. The van der Waals surface area contributed by atoms with Gasteiger partial charge in [0.15, 0.2) is 17.7 Å². The molecule has 202 valence electrons. The highest BCUT2D eigenvalue weighted by molar-refractivity contribution is 7.61. The number of phosphoric acid groups is 2. The van der Waals surface area contributed by atoms with Gasteiger partial charge in [0.25, 0.3) is 0 Å². The first-order valence-corrected chi connectivity index (χ1v) is 13.8. The molecule has 0 saturated carbocycles. The van der Waals surface area contributed by atoms with Crippen LogP contribution in [0.1, 0.15) is 31.9 Å². The number of ether oxygens (including phenoxy) is 1. The molecule has 6 atom stereocenters. The number of aliphatic hydroxyl groups is 2. The van der Waals surface area contributed by atoms with E-state index in [2.05, 4.69) is 33.6 Å². The SMILES string of the molecule is CNCCCCCC(=O)OP(=O)(O)OP(=O)(O)OC[C@H]1O[C@@H](n2cnc3c(N)ncnc32)[C@@H](O)C1O. The predicted octanol–water partition coefficient (Wildman–Crippen LogP) is -0.415. The third kappa shape index (κ3) is 7.26. The van der Waals surface area contributed by atoms with Crippen LogP contribution in [-0.4, -0.2) is 84.0 Å². The molecule has 0 radical (unpaired) electrons. The van der Waals surface area contributed by atoms with Gasteiger partial charge in [-0.3, -0.25) is 18.8 Å². The van der Waals surface area contributed by atoms with Crippen molar-refractivity contribution in [2.45, 2.75) is 50.2 Å². The number of unbranched alkanes of at least 4 members (excludes halogenated alkanes) is 2. The molecule has 2 aromatic heterocycles. The number of fused-ring (bicyclic) bond motifs is 1. The Morgan fingerprint density at radius 2 is 1.92 bits per heavy atom. The van der Waals surface area contributed by atoms with Gasteiger partial charge in [-0.1, -0.05) is 6.42 Å². The summed E-state index contributed by atoms with van der Waals surface area (Å²) >= 11 is 0. The van der Waals surface area contributed by atoms with Gasteiger partial charge >= 0.3 is 21.6 Å². The summed E-state index contributed by atoms with van der Waals surface area (Å²) in [7, 11) is -8.78. The number of phosphoric ester groups is 2. The number of nitrogens with zero attached hydrogens (tertiary/aromatic N) is 4. The fourth-order valence-corrected chi connectivity index (χ4v) is 5.46. The van der Waals surface area contributed by atoms with E-state index < -0.39 is 52.8 Å². The number of aliphatic hydroxyl groups excluding tert-OH is 2. The van der Waals surface area contributed by atoms with Crippen LogP contribution in [0, 0.1) is 0 Å². The Morgan fingerprint density at radius 3 is 2.64 bits per heavy atom. The van der Waals surface area contributed by atoms with E-state index in [0.29, 0.717) is 12.8 Å². The van der Waals surface area contributed by atoms with Crippen LogP contribution in [0.15, 0.2) is 12.7 Å². The van der Waals surface area contributed by atoms with Crippen molar-refractivity contribution in [2.75, 3.05) is 25.9 Å². The number of carbonyl (C=O) groups excluding carboxylic acids is 1. The Balaban J connectivity index is 1.54. The normalized spacial score (nSPS) is 25.5. The second-order valence-corrected chi connectivity index (χ2v) is 10.8. The number of imidazole rings is 1. The molecule has 17 nitrogen and oxygen atoms in total. The van der Waals surface area contributed by atoms with Crippen molar-refractivity contribution in [3.8, 4) is 0 Å². The summed E-state index contributed by atoms with van der Waals surface area (Å²) in [6, 6.07) is 0. The average molecular weight is 554 g/mol. The number of rotatable bonds is 13. The predicted molar refractivity (Wildman–Crippen MR) is 121 cm³/mol. The number of hydrogen-bond donors (Lipinski definition) is 6. The van der Waals surface area contributed by atoms with Gasteiger partial charge in [-0.2, -0.15) is 4.31 Å². The van der Waals surface area contributed by atoms with Gasteiger partial charge in [0.1, 0.15) is 30.2 Å². The molecule has 1 fully saturated rings. The molecule has 0 aliphatic carbocycles. The largest absolute Gasteiger partial charge is 0.538 e. The molecule has 3 heterocycles. The van der Waals surface area contributed by atoms with E-state index in [1.165, 1.54) is 10.9 Å². The second kappa shape index (κ2) is 12.0. The van der Waals surface area contributed by atoms with Crippen LogP contribution in [0.2, 0.25) is 0 Å². The molecule has 7 N–H and O–H groups in total. The van der Waals surface area contributed by atoms with E-state index in [1.807, 2.05) is 0 Å². The van der Waals surface area contributed by atoms with E-state index in [4.69, 9.17) is 10.5 Å². The zero-order chi connectivity index (χ0) is 26.5. The molecule has 1 aliphatic rings. The summed E-state index contributed by atoms with van der Waals surface area (Å²) in [6.07, 6.45) is -1.73. The second-order valence-electron chi connectivity index (χ2n) is 7.82. The highest BCUT2D eigenvalue weighted by Crippen LogP contribution is 2.60. The zero-order valence-electron chi connectivity index (χ0n) is 19.1. The standard InChI is InChI=1S/C17H28N6O11P2/c1-19-6-4-2-3-5-11(24)33-36(29,30)34-35(27,28)31-7-10-13(25)14(26)17(32-10)23-9-22-12-15(18)20-8-21-16(12)23/h8-10,13-14,17,19,25-26H,2-7H2,1H3,(H,27,28)(H,29,30)(H2,18,20,21)/t10-,13?,14+,17-/m1/s1. The Kier molecular flexibility index (Phi) is 9.51. The fourth-order valence-electron chi connectivity index (χ4n) is 3.41. The lowest BCUT2D eigenvalue weighted by atomic mass is 10.1. The van der Waals surface area contributed by atoms with Crippen LogP contribution >= 0.6 is 15.6 Å². The van der Waals surface area contributed by atoms with Crippen LogP contribution in [0.5, 0.6) is 0 Å². The smallest absolute Gasteiger partial charge is 0.387 e. The third-order valence-corrected chi connectivity index (χ3v) is 7.69. The maximum atomic E-state index is 12.1. The van der Waals surface area contributed by atoms with Gasteiger partial charge in [-0.05, 0) is 26.4 Å². The first-order chi connectivity index (χ1) is 16.9. The number of nitrogens with two attached hydrogens (primary N) is 1. The maximum Gasteiger partial charge on any atom is 0.538 e. The molecule has 36 heavy (non-hydrogen) atoms. The lowest BCUT2D eigenvalue weighted by Gasteiger charge is -2.19. The zero-order valence-corrected chi connectivity index (χ0v) is 20.9. The molecular weight excluding hydrogens is 526 g/mol. The molecule has 3 unspecified atom stereocenters. The number of nitrogen functional groups attached to an aromatic ring is 1. The van der Waals surface area contributed by atoms with E-state index >= 15 is 0 Å². The van der Waals surface area contributed by atoms with Crippen LogP contribution in [0.4, 0.5) is 5.82 Å². The highest BCUT2D eigenvalue weighted by atomic mass is 31.3. The van der Waals surface area contributed by atoms with E-state index in [9.17, 15) is 33.9 Å². The summed E-state index contributed by atoms with van der Waals surface area (Å²) in [6.45, 7) is -0.105. The Morgan fingerprint density at radius 1 is 1.17 bits per heavy atom. The Labute approximate surface area is 204 Å². The topological polar surface area (TPSA) is 251 Å². The lowest BCUT2D eigenvalue weighted by molar-refractivity contribution is -0.135. The van der Waals surface area contributed by atoms with Crippen LogP contribution in [-0.2, 0) is 32.0 Å². The maximum absolute atomic E-state index is 12.1. The lowest BCUT2D eigenvalue weighted by Crippen LogP contribution is -2.33. The number of carbonyl (C=O) groups is 1. The van der Waals surface area contributed by atoms with Gasteiger partial charge in [-0.25, -0.2) is 24.1 Å². The molecule has 3 rings (SSSR count). The van der Waals surface area contributed by atoms with Gasteiger partial charge in [0.05, 0.1) is 12.9 Å². The Bertz CT molecular complexity index is 1150. The fraction of sp³-hybridized carbons (Fsp3) is 0.647. The van der Waals surface area contributed by atoms with E-state index in [1.54, 1.807) is 7.05 Å². The minimum atomic E-state index is -5.30. The van der Waals surface area contributed by atoms with Crippen molar-refractivity contribution in [1.82, 2.24) is 24.8 Å². The summed E-state index contributed by atoms with van der Waals surface area (Å²) in [5.74, 6) is -1.02. The van der Waals surface area contributed by atoms with Crippen molar-refractivity contribution in [2.24, 2.45) is 0 Å². The van der Waals surface area contributed by atoms with E-state index in [0.717, 1.165) is 19.3 Å². The van der Waals surface area contributed by atoms with Crippen LogP contribution in [0.25, 0.3) is 11.2 Å². The van der Waals surface area contributed by atoms with Crippen molar-refractivity contribution in [1.29, 1.82) is 0 Å². The van der Waals surface area contributed by atoms with Gasteiger partial charge in [0.2, 0.25) is 0 Å². The summed E-state index contributed by atoms with van der Waals surface area (Å²) in [5, 5.41) is 23.6. The monoisotopic (exact) mass is 554 g/mol. The third-order valence-electron chi connectivity index (χ3n) is 5.13. The van der Waals surface area contributed by atoms with Crippen molar-refractivity contribution < 1.29 is 52.0 Å². The molecule has 2 aromatic rings. The average Bonchev–Trinajstić information content (AvgIpc) is 3.33.